The second-order valence-electron chi connectivity index (χ2n) is 4.60. The summed E-state index contributed by atoms with van der Waals surface area (Å²) in [5.74, 6) is 0.719. The van der Waals surface area contributed by atoms with Gasteiger partial charge in [-0.25, -0.2) is 0 Å². The number of fused-ring (bicyclic) bond motifs is 2. The summed E-state index contributed by atoms with van der Waals surface area (Å²) < 4.78 is 1.85. The van der Waals surface area contributed by atoms with Gasteiger partial charge in [0.15, 0.2) is 5.82 Å². The quantitative estimate of drug-likeness (QED) is 0.583. The Morgan fingerprint density at radius 2 is 2.15 bits per heavy atom. The maximum absolute atomic E-state index is 4.35. The van der Waals surface area contributed by atoms with Crippen LogP contribution in [-0.4, -0.2) is 25.0 Å². The molecular formula is C14H12N6. The Kier molecular flexibility index (Phi) is 2.23. The van der Waals surface area contributed by atoms with Crippen LogP contribution in [0.15, 0.2) is 42.7 Å². The van der Waals surface area contributed by atoms with Gasteiger partial charge in [0.25, 0.3) is 0 Å². The van der Waals surface area contributed by atoms with Crippen molar-refractivity contribution in [3.63, 3.8) is 0 Å². The van der Waals surface area contributed by atoms with Crippen molar-refractivity contribution in [3.05, 3.63) is 42.7 Å². The first-order chi connectivity index (χ1) is 9.83. The lowest BCUT2D eigenvalue weighted by molar-refractivity contribution is 0.797. The Balaban J connectivity index is 1.85. The van der Waals surface area contributed by atoms with Crippen molar-refractivity contribution in [2.45, 2.75) is 0 Å². The van der Waals surface area contributed by atoms with Crippen LogP contribution in [-0.2, 0) is 7.05 Å². The summed E-state index contributed by atoms with van der Waals surface area (Å²) in [6, 6.07) is 9.87. The molecular weight excluding hydrogens is 252 g/mol. The summed E-state index contributed by atoms with van der Waals surface area (Å²) in [6.45, 7) is 0. The molecule has 0 aliphatic heterocycles. The molecule has 0 spiro atoms. The van der Waals surface area contributed by atoms with Crippen LogP contribution in [0.2, 0.25) is 0 Å². The number of pyridine rings is 1. The highest BCUT2D eigenvalue weighted by molar-refractivity contribution is 5.96. The van der Waals surface area contributed by atoms with E-state index in [9.17, 15) is 0 Å². The number of benzene rings is 1. The van der Waals surface area contributed by atoms with Gasteiger partial charge in [0, 0.05) is 18.6 Å². The Morgan fingerprint density at radius 3 is 3.10 bits per heavy atom. The lowest BCUT2D eigenvalue weighted by atomic mass is 10.2. The summed E-state index contributed by atoms with van der Waals surface area (Å²) in [5, 5.41) is 15.9. The van der Waals surface area contributed by atoms with Gasteiger partial charge < -0.3 is 5.32 Å². The van der Waals surface area contributed by atoms with Crippen molar-refractivity contribution in [1.82, 2.24) is 25.0 Å². The van der Waals surface area contributed by atoms with Gasteiger partial charge in [-0.05, 0) is 24.3 Å². The third-order valence-electron chi connectivity index (χ3n) is 3.37. The lowest BCUT2D eigenvalue weighted by Gasteiger charge is -2.04. The summed E-state index contributed by atoms with van der Waals surface area (Å²) in [6.07, 6.45) is 3.60. The normalized spacial score (nSPS) is 11.2. The number of hydrogen-bond acceptors (Lipinski definition) is 4. The molecule has 0 radical (unpaired) electrons. The molecule has 0 unspecified atom stereocenters. The highest BCUT2D eigenvalue weighted by Gasteiger charge is 2.09. The van der Waals surface area contributed by atoms with Crippen LogP contribution < -0.4 is 5.32 Å². The largest absolute Gasteiger partial charge is 0.336 e. The molecule has 0 atom stereocenters. The van der Waals surface area contributed by atoms with Crippen LogP contribution in [0.4, 0.5) is 11.5 Å². The van der Waals surface area contributed by atoms with E-state index >= 15 is 0 Å². The molecule has 20 heavy (non-hydrogen) atoms. The topological polar surface area (TPSA) is 71.4 Å². The number of rotatable bonds is 2. The molecule has 1 aromatic carbocycles. The summed E-state index contributed by atoms with van der Waals surface area (Å²) in [7, 11) is 1.93. The average molecular weight is 264 g/mol. The Morgan fingerprint density at radius 1 is 1.20 bits per heavy atom. The fourth-order valence-electron chi connectivity index (χ4n) is 2.35. The van der Waals surface area contributed by atoms with E-state index in [1.165, 1.54) is 0 Å². The smallest absolute Gasteiger partial charge is 0.178 e. The van der Waals surface area contributed by atoms with E-state index in [-0.39, 0.29) is 0 Å². The highest BCUT2D eigenvalue weighted by atomic mass is 15.3. The van der Waals surface area contributed by atoms with Gasteiger partial charge in [0.2, 0.25) is 0 Å². The van der Waals surface area contributed by atoms with Crippen molar-refractivity contribution >= 4 is 33.4 Å². The van der Waals surface area contributed by atoms with Crippen LogP contribution in [0.1, 0.15) is 0 Å². The fourth-order valence-corrected chi connectivity index (χ4v) is 2.35. The average Bonchev–Trinajstić information content (AvgIpc) is 3.05. The van der Waals surface area contributed by atoms with E-state index in [2.05, 4.69) is 25.6 Å². The van der Waals surface area contributed by atoms with Crippen molar-refractivity contribution in [1.29, 1.82) is 0 Å². The van der Waals surface area contributed by atoms with E-state index in [4.69, 9.17) is 0 Å². The van der Waals surface area contributed by atoms with E-state index in [1.54, 1.807) is 6.20 Å². The molecule has 0 saturated carbocycles. The minimum atomic E-state index is 0.719. The standard InChI is InChI=1S/C14H12N6/c1-20-12-6-2-4-10(9(12)8-16-20)17-14-13-11(18-19-14)5-3-7-15-13/h2-8H,1H3,(H2,17,18,19). The first-order valence-corrected chi connectivity index (χ1v) is 6.30. The molecule has 4 rings (SSSR count). The monoisotopic (exact) mass is 264 g/mol. The Labute approximate surface area is 114 Å². The Bertz CT molecular complexity index is 904. The van der Waals surface area contributed by atoms with E-state index in [0.717, 1.165) is 33.4 Å². The molecule has 0 saturated heterocycles. The summed E-state index contributed by atoms with van der Waals surface area (Å²) in [4.78, 5) is 4.35. The zero-order valence-electron chi connectivity index (χ0n) is 10.8. The van der Waals surface area contributed by atoms with Gasteiger partial charge in [0.05, 0.1) is 22.9 Å². The van der Waals surface area contributed by atoms with E-state index < -0.39 is 0 Å². The zero-order valence-corrected chi connectivity index (χ0v) is 10.8. The number of nitrogens with one attached hydrogen (secondary N) is 2. The van der Waals surface area contributed by atoms with Crippen molar-refractivity contribution in [3.8, 4) is 0 Å². The number of nitrogens with zero attached hydrogens (tertiary/aromatic N) is 4. The van der Waals surface area contributed by atoms with Crippen LogP contribution in [0.25, 0.3) is 21.9 Å². The van der Waals surface area contributed by atoms with Gasteiger partial charge in [-0.15, -0.1) is 0 Å². The molecule has 0 aliphatic rings. The number of hydrogen-bond donors (Lipinski definition) is 2. The predicted molar refractivity (Wildman–Crippen MR) is 77.9 cm³/mol. The molecule has 2 N–H and O–H groups in total. The third-order valence-corrected chi connectivity index (χ3v) is 3.37. The minimum absolute atomic E-state index is 0.719. The fraction of sp³-hybridized carbons (Fsp3) is 0.0714. The van der Waals surface area contributed by atoms with Gasteiger partial charge in [-0.1, -0.05) is 6.07 Å². The number of aromatic amines is 1. The molecule has 0 amide bonds. The van der Waals surface area contributed by atoms with E-state index in [1.807, 2.05) is 48.3 Å². The van der Waals surface area contributed by atoms with E-state index in [0.29, 0.717) is 0 Å². The first kappa shape index (κ1) is 11.0. The van der Waals surface area contributed by atoms with Gasteiger partial charge in [0.1, 0.15) is 5.52 Å². The maximum atomic E-state index is 4.35. The molecule has 6 heteroatoms. The SMILES string of the molecule is Cn1ncc2c(Nc3n[nH]c4cccnc34)cccc21. The van der Waals surface area contributed by atoms with Crippen LogP contribution in [0.3, 0.4) is 0 Å². The summed E-state index contributed by atoms with van der Waals surface area (Å²) >= 11 is 0. The predicted octanol–water partition coefficient (Wildman–Crippen LogP) is 2.59. The van der Waals surface area contributed by atoms with Gasteiger partial charge in [-0.3, -0.25) is 14.8 Å². The second-order valence-corrected chi connectivity index (χ2v) is 4.60. The van der Waals surface area contributed by atoms with Crippen molar-refractivity contribution < 1.29 is 0 Å². The summed E-state index contributed by atoms with van der Waals surface area (Å²) in [5.41, 5.74) is 3.78. The number of aryl methyl sites for hydroxylation is 1. The minimum Gasteiger partial charge on any atom is -0.336 e. The molecule has 0 bridgehead atoms. The van der Waals surface area contributed by atoms with Crippen molar-refractivity contribution in [2.24, 2.45) is 7.05 Å². The number of H-pyrrole nitrogens is 1. The molecule has 3 heterocycles. The zero-order chi connectivity index (χ0) is 13.5. The first-order valence-electron chi connectivity index (χ1n) is 6.30. The lowest BCUT2D eigenvalue weighted by Crippen LogP contribution is -1.93. The van der Waals surface area contributed by atoms with Crippen LogP contribution in [0.5, 0.6) is 0 Å². The molecule has 4 aromatic rings. The third kappa shape index (κ3) is 1.55. The van der Waals surface area contributed by atoms with Crippen LogP contribution >= 0.6 is 0 Å². The van der Waals surface area contributed by atoms with Crippen molar-refractivity contribution in [2.75, 3.05) is 5.32 Å². The van der Waals surface area contributed by atoms with Gasteiger partial charge >= 0.3 is 0 Å². The van der Waals surface area contributed by atoms with Gasteiger partial charge in [-0.2, -0.15) is 10.2 Å². The molecule has 3 aromatic heterocycles. The number of aromatic nitrogens is 5. The van der Waals surface area contributed by atoms with Crippen LogP contribution in [0, 0.1) is 0 Å². The maximum Gasteiger partial charge on any atom is 0.178 e. The molecule has 0 aliphatic carbocycles. The molecule has 0 fully saturated rings. The second kappa shape index (κ2) is 4.06. The Hall–Kier alpha value is -2.89. The number of anilines is 2. The molecule has 98 valence electrons. The highest BCUT2D eigenvalue weighted by Crippen LogP contribution is 2.27. The molecule has 6 nitrogen and oxygen atoms in total.